The molecule has 2 amide bonds. The molecule has 1 saturated carbocycles. The standard InChI is InChI=1S/C21H30N2O2/c1-13-7-8-15(12-14(13)2)17-6-5-10-23(17)20(24)22-18-16-9-11-25-19(16)21(18,3)4/h7-8,12,16-19H,5-6,9-11H2,1-4H3,(H,22,24)/t16-,17+,18-,19-/m1/s1. The summed E-state index contributed by atoms with van der Waals surface area (Å²) in [5.74, 6) is 0.488. The van der Waals surface area contributed by atoms with Crippen LogP contribution in [0, 0.1) is 25.2 Å². The Morgan fingerprint density at radius 2 is 2.04 bits per heavy atom. The number of nitrogens with one attached hydrogen (secondary N) is 1. The molecule has 1 N–H and O–H groups in total. The van der Waals surface area contributed by atoms with Gasteiger partial charge in [0.2, 0.25) is 0 Å². The number of benzene rings is 1. The van der Waals surface area contributed by atoms with Gasteiger partial charge in [0, 0.05) is 30.5 Å². The maximum absolute atomic E-state index is 13.0. The fourth-order valence-electron chi connectivity index (χ4n) is 5.16. The molecular formula is C21H30N2O2. The van der Waals surface area contributed by atoms with Crippen molar-refractivity contribution in [3.63, 3.8) is 0 Å². The minimum atomic E-state index is 0.0342. The van der Waals surface area contributed by atoms with Crippen molar-refractivity contribution in [2.45, 2.75) is 65.1 Å². The van der Waals surface area contributed by atoms with Crippen molar-refractivity contribution in [3.05, 3.63) is 34.9 Å². The first kappa shape index (κ1) is 16.9. The normalized spacial score (nSPS) is 33.0. The van der Waals surface area contributed by atoms with Gasteiger partial charge >= 0.3 is 6.03 Å². The summed E-state index contributed by atoms with van der Waals surface area (Å²) in [6.45, 7) is 10.4. The van der Waals surface area contributed by atoms with E-state index in [-0.39, 0.29) is 23.5 Å². The molecule has 0 spiro atoms. The molecule has 2 heterocycles. The number of rotatable bonds is 2. The Labute approximate surface area is 150 Å². The topological polar surface area (TPSA) is 41.6 Å². The molecule has 4 atom stereocenters. The van der Waals surface area contributed by atoms with E-state index in [1.54, 1.807) is 0 Å². The Kier molecular flexibility index (Phi) is 4.06. The molecule has 136 valence electrons. The zero-order valence-electron chi connectivity index (χ0n) is 15.8. The first-order valence-corrected chi connectivity index (χ1v) is 9.65. The molecule has 2 aliphatic heterocycles. The average molecular weight is 342 g/mol. The second kappa shape index (κ2) is 6.01. The number of nitrogens with zero attached hydrogens (tertiary/aromatic N) is 1. The quantitative estimate of drug-likeness (QED) is 0.884. The predicted octanol–water partition coefficient (Wildman–Crippen LogP) is 3.96. The minimum absolute atomic E-state index is 0.0342. The Morgan fingerprint density at radius 3 is 2.80 bits per heavy atom. The number of hydrogen-bond acceptors (Lipinski definition) is 2. The predicted molar refractivity (Wildman–Crippen MR) is 98.5 cm³/mol. The summed E-state index contributed by atoms with van der Waals surface area (Å²) >= 11 is 0. The van der Waals surface area contributed by atoms with Crippen LogP contribution in [0.5, 0.6) is 0 Å². The summed E-state index contributed by atoms with van der Waals surface area (Å²) in [5, 5.41) is 3.35. The maximum atomic E-state index is 13.0. The van der Waals surface area contributed by atoms with E-state index in [1.165, 1.54) is 16.7 Å². The number of urea groups is 1. The summed E-state index contributed by atoms with van der Waals surface area (Å²) in [4.78, 5) is 15.1. The molecule has 1 aromatic rings. The van der Waals surface area contributed by atoms with E-state index >= 15 is 0 Å². The van der Waals surface area contributed by atoms with Gasteiger partial charge in [-0.15, -0.1) is 0 Å². The van der Waals surface area contributed by atoms with Gasteiger partial charge in [0.05, 0.1) is 12.1 Å². The highest BCUT2D eigenvalue weighted by Gasteiger charge is 2.60. The Hall–Kier alpha value is -1.55. The number of aryl methyl sites for hydroxylation is 2. The van der Waals surface area contributed by atoms with Crippen LogP contribution in [0.25, 0.3) is 0 Å². The van der Waals surface area contributed by atoms with E-state index in [2.05, 4.69) is 51.2 Å². The van der Waals surface area contributed by atoms with Crippen LogP contribution in [0.3, 0.4) is 0 Å². The van der Waals surface area contributed by atoms with E-state index in [9.17, 15) is 4.79 Å². The van der Waals surface area contributed by atoms with Crippen LogP contribution in [0.1, 0.15) is 55.8 Å². The smallest absolute Gasteiger partial charge is 0.318 e. The van der Waals surface area contributed by atoms with E-state index < -0.39 is 0 Å². The number of hydrogen-bond donors (Lipinski definition) is 1. The summed E-state index contributed by atoms with van der Waals surface area (Å²) in [5.41, 5.74) is 3.91. The van der Waals surface area contributed by atoms with Gasteiger partial charge in [-0.05, 0) is 49.8 Å². The van der Waals surface area contributed by atoms with Crippen LogP contribution in [-0.2, 0) is 4.74 Å². The molecule has 0 aromatic heterocycles. The molecule has 1 aromatic carbocycles. The van der Waals surface area contributed by atoms with Crippen molar-refractivity contribution in [2.75, 3.05) is 13.2 Å². The molecular weight excluding hydrogens is 312 g/mol. The number of carbonyl (C=O) groups excluding carboxylic acids is 1. The highest BCUT2D eigenvalue weighted by Crippen LogP contribution is 2.52. The van der Waals surface area contributed by atoms with Gasteiger partial charge < -0.3 is 15.0 Å². The Morgan fingerprint density at radius 1 is 1.24 bits per heavy atom. The number of likely N-dealkylation sites (tertiary alicyclic amines) is 1. The SMILES string of the molecule is Cc1ccc([C@@H]2CCCN2C(=O)N[C@@H]2[C@H]3CCO[C@H]3C2(C)C)cc1C. The largest absolute Gasteiger partial charge is 0.377 e. The second-order valence-electron chi connectivity index (χ2n) is 8.69. The molecule has 0 radical (unpaired) electrons. The van der Waals surface area contributed by atoms with Gasteiger partial charge in [-0.25, -0.2) is 4.79 Å². The summed E-state index contributed by atoms with van der Waals surface area (Å²) in [6.07, 6.45) is 3.51. The van der Waals surface area contributed by atoms with Crippen LogP contribution in [0.2, 0.25) is 0 Å². The molecule has 4 rings (SSSR count). The van der Waals surface area contributed by atoms with Gasteiger partial charge in [0.1, 0.15) is 0 Å². The fraction of sp³-hybridized carbons (Fsp3) is 0.667. The minimum Gasteiger partial charge on any atom is -0.377 e. The molecule has 1 aliphatic carbocycles. The van der Waals surface area contributed by atoms with E-state index in [0.717, 1.165) is 32.4 Å². The third kappa shape index (κ3) is 2.66. The third-order valence-corrected chi connectivity index (χ3v) is 6.81. The Bertz CT molecular complexity index is 684. The zero-order chi connectivity index (χ0) is 17.8. The molecule has 2 saturated heterocycles. The van der Waals surface area contributed by atoms with Crippen LogP contribution >= 0.6 is 0 Å². The number of carbonyl (C=O) groups is 1. The molecule has 3 fully saturated rings. The number of fused-ring (bicyclic) bond motifs is 1. The summed E-state index contributed by atoms with van der Waals surface area (Å²) in [6, 6.07) is 7.15. The maximum Gasteiger partial charge on any atom is 0.318 e. The number of amides is 2. The molecule has 25 heavy (non-hydrogen) atoms. The average Bonchev–Trinajstić information content (AvgIpc) is 3.23. The Balaban J connectivity index is 1.48. The van der Waals surface area contributed by atoms with E-state index in [0.29, 0.717) is 12.0 Å². The van der Waals surface area contributed by atoms with E-state index in [4.69, 9.17) is 4.74 Å². The van der Waals surface area contributed by atoms with Crippen molar-refractivity contribution >= 4 is 6.03 Å². The zero-order valence-corrected chi connectivity index (χ0v) is 15.8. The molecule has 0 bridgehead atoms. The molecule has 0 unspecified atom stereocenters. The van der Waals surface area contributed by atoms with Crippen molar-refractivity contribution in [1.82, 2.24) is 10.2 Å². The van der Waals surface area contributed by atoms with Gasteiger partial charge in [0.15, 0.2) is 0 Å². The van der Waals surface area contributed by atoms with Crippen LogP contribution in [0.15, 0.2) is 18.2 Å². The molecule has 4 nitrogen and oxygen atoms in total. The van der Waals surface area contributed by atoms with Gasteiger partial charge in [-0.3, -0.25) is 0 Å². The van der Waals surface area contributed by atoms with Crippen molar-refractivity contribution in [2.24, 2.45) is 11.3 Å². The van der Waals surface area contributed by atoms with Gasteiger partial charge in [-0.2, -0.15) is 0 Å². The lowest BCUT2D eigenvalue weighted by Crippen LogP contribution is -2.67. The van der Waals surface area contributed by atoms with Gasteiger partial charge in [0.25, 0.3) is 0 Å². The van der Waals surface area contributed by atoms with E-state index in [1.807, 2.05) is 4.90 Å². The summed E-state index contributed by atoms with van der Waals surface area (Å²) in [7, 11) is 0. The van der Waals surface area contributed by atoms with Crippen molar-refractivity contribution in [1.29, 1.82) is 0 Å². The molecule has 3 aliphatic rings. The second-order valence-corrected chi connectivity index (χ2v) is 8.69. The van der Waals surface area contributed by atoms with Crippen LogP contribution in [-0.4, -0.2) is 36.2 Å². The van der Waals surface area contributed by atoms with Crippen LogP contribution < -0.4 is 5.32 Å². The first-order valence-electron chi connectivity index (χ1n) is 9.65. The van der Waals surface area contributed by atoms with Gasteiger partial charge in [-0.1, -0.05) is 32.0 Å². The third-order valence-electron chi connectivity index (χ3n) is 6.81. The van der Waals surface area contributed by atoms with Crippen LogP contribution in [0.4, 0.5) is 4.79 Å². The lowest BCUT2D eigenvalue weighted by Gasteiger charge is -2.54. The highest BCUT2D eigenvalue weighted by atomic mass is 16.5. The first-order chi connectivity index (χ1) is 11.9. The fourth-order valence-corrected chi connectivity index (χ4v) is 5.16. The van der Waals surface area contributed by atoms with Crippen molar-refractivity contribution < 1.29 is 9.53 Å². The molecule has 4 heteroatoms. The lowest BCUT2D eigenvalue weighted by molar-refractivity contribution is -0.109. The monoisotopic (exact) mass is 342 g/mol. The highest BCUT2D eigenvalue weighted by molar-refractivity contribution is 5.76. The summed E-state index contributed by atoms with van der Waals surface area (Å²) < 4.78 is 5.85. The lowest BCUT2D eigenvalue weighted by atomic mass is 9.57. The number of ether oxygens (including phenoxy) is 1. The van der Waals surface area contributed by atoms with Crippen molar-refractivity contribution in [3.8, 4) is 0 Å².